The van der Waals surface area contributed by atoms with Crippen molar-refractivity contribution in [2.24, 2.45) is 0 Å². The molecule has 5 nitrogen and oxygen atoms in total. The van der Waals surface area contributed by atoms with E-state index in [2.05, 4.69) is 10.3 Å². The Hall–Kier alpha value is -1.17. The average molecular weight is 254 g/mol. The lowest BCUT2D eigenvalue weighted by Crippen LogP contribution is -2.05. The zero-order valence-electron chi connectivity index (χ0n) is 11.1. The van der Waals surface area contributed by atoms with Gasteiger partial charge in [0.1, 0.15) is 5.82 Å². The van der Waals surface area contributed by atoms with Gasteiger partial charge in [-0.3, -0.25) is 0 Å². The first-order chi connectivity index (χ1) is 8.86. The molecular formula is C13H22N2O3. The molecule has 0 spiro atoms. The van der Waals surface area contributed by atoms with Crippen molar-refractivity contribution in [2.75, 3.05) is 45.9 Å². The zero-order chi connectivity index (χ0) is 13.1. The van der Waals surface area contributed by atoms with Crippen LogP contribution >= 0.6 is 0 Å². The van der Waals surface area contributed by atoms with Crippen LogP contribution in [0.15, 0.2) is 18.3 Å². The molecule has 102 valence electrons. The second-order valence-electron chi connectivity index (χ2n) is 3.81. The number of methoxy groups -OCH3 is 1. The van der Waals surface area contributed by atoms with Crippen molar-refractivity contribution in [3.8, 4) is 0 Å². The lowest BCUT2D eigenvalue weighted by atomic mass is 10.3. The monoisotopic (exact) mass is 254 g/mol. The third kappa shape index (κ3) is 6.54. The Morgan fingerprint density at radius 3 is 2.61 bits per heavy atom. The number of rotatable bonds is 10. The molecule has 1 aromatic rings. The van der Waals surface area contributed by atoms with E-state index in [1.165, 1.54) is 0 Å². The van der Waals surface area contributed by atoms with Gasteiger partial charge in [0.25, 0.3) is 0 Å². The number of nitrogens with zero attached hydrogens (tertiary/aromatic N) is 1. The van der Waals surface area contributed by atoms with Crippen molar-refractivity contribution < 1.29 is 14.2 Å². The number of hydrogen-bond donors (Lipinski definition) is 1. The number of hydrogen-bond acceptors (Lipinski definition) is 5. The molecule has 0 aromatic carbocycles. The number of anilines is 1. The summed E-state index contributed by atoms with van der Waals surface area (Å²) in [4.78, 5) is 4.22. The predicted molar refractivity (Wildman–Crippen MR) is 70.8 cm³/mol. The van der Waals surface area contributed by atoms with E-state index in [1.54, 1.807) is 7.11 Å². The molecule has 0 amide bonds. The molecule has 0 atom stereocenters. The van der Waals surface area contributed by atoms with Crippen molar-refractivity contribution in [1.29, 1.82) is 0 Å². The number of pyridine rings is 1. The fourth-order valence-electron chi connectivity index (χ4n) is 1.36. The molecular weight excluding hydrogens is 232 g/mol. The second-order valence-corrected chi connectivity index (χ2v) is 3.81. The fraction of sp³-hybridized carbons (Fsp3) is 0.615. The molecule has 1 rings (SSSR count). The van der Waals surface area contributed by atoms with Gasteiger partial charge in [-0.05, 0) is 18.1 Å². The van der Waals surface area contributed by atoms with Gasteiger partial charge in [-0.25, -0.2) is 4.98 Å². The van der Waals surface area contributed by atoms with Gasteiger partial charge in [0.2, 0.25) is 0 Å². The van der Waals surface area contributed by atoms with E-state index in [9.17, 15) is 0 Å². The Balaban J connectivity index is 2.00. The van der Waals surface area contributed by atoms with Crippen molar-refractivity contribution in [1.82, 2.24) is 4.98 Å². The highest BCUT2D eigenvalue weighted by Gasteiger charge is 1.95. The number of ether oxygens (including phenoxy) is 3. The lowest BCUT2D eigenvalue weighted by molar-refractivity contribution is 0.0483. The summed E-state index contributed by atoms with van der Waals surface area (Å²) in [6, 6.07) is 3.94. The summed E-state index contributed by atoms with van der Waals surface area (Å²) in [5.74, 6) is 0.866. The van der Waals surface area contributed by atoms with Crippen molar-refractivity contribution in [2.45, 2.75) is 13.0 Å². The van der Waals surface area contributed by atoms with Crippen LogP contribution in [0.25, 0.3) is 0 Å². The van der Waals surface area contributed by atoms with Gasteiger partial charge in [-0.2, -0.15) is 0 Å². The van der Waals surface area contributed by atoms with Crippen LogP contribution in [-0.2, 0) is 20.8 Å². The van der Waals surface area contributed by atoms with Gasteiger partial charge in [-0.15, -0.1) is 0 Å². The summed E-state index contributed by atoms with van der Waals surface area (Å²) in [5, 5.41) is 2.98. The average Bonchev–Trinajstić information content (AvgIpc) is 2.42. The SMILES string of the molecule is CNc1ccc(COCCCOCCOC)cn1. The molecule has 0 fully saturated rings. The maximum Gasteiger partial charge on any atom is 0.125 e. The number of aromatic nitrogens is 1. The summed E-state index contributed by atoms with van der Waals surface area (Å²) >= 11 is 0. The van der Waals surface area contributed by atoms with E-state index in [4.69, 9.17) is 14.2 Å². The van der Waals surface area contributed by atoms with E-state index >= 15 is 0 Å². The van der Waals surface area contributed by atoms with E-state index < -0.39 is 0 Å². The minimum absolute atomic E-state index is 0.592. The maximum atomic E-state index is 5.53. The second kappa shape index (κ2) is 9.82. The molecule has 0 saturated carbocycles. The Morgan fingerprint density at radius 2 is 1.94 bits per heavy atom. The van der Waals surface area contributed by atoms with Crippen LogP contribution in [0.2, 0.25) is 0 Å². The third-order valence-electron chi connectivity index (χ3n) is 2.36. The highest BCUT2D eigenvalue weighted by Crippen LogP contribution is 2.05. The lowest BCUT2D eigenvalue weighted by Gasteiger charge is -2.06. The molecule has 0 radical (unpaired) electrons. The third-order valence-corrected chi connectivity index (χ3v) is 2.36. The molecule has 0 aliphatic heterocycles. The van der Waals surface area contributed by atoms with Gasteiger partial charge in [0, 0.05) is 33.6 Å². The maximum absolute atomic E-state index is 5.53. The van der Waals surface area contributed by atoms with Crippen LogP contribution in [-0.4, -0.2) is 45.6 Å². The molecule has 0 saturated heterocycles. The molecule has 18 heavy (non-hydrogen) atoms. The van der Waals surface area contributed by atoms with Crippen molar-refractivity contribution in [3.05, 3.63) is 23.9 Å². The Kier molecular flexibility index (Phi) is 8.12. The molecule has 1 N–H and O–H groups in total. The molecule has 1 aromatic heterocycles. The van der Waals surface area contributed by atoms with Crippen molar-refractivity contribution >= 4 is 5.82 Å². The van der Waals surface area contributed by atoms with Gasteiger partial charge < -0.3 is 19.5 Å². The van der Waals surface area contributed by atoms with Crippen LogP contribution in [0.1, 0.15) is 12.0 Å². The summed E-state index contributed by atoms with van der Waals surface area (Å²) in [7, 11) is 3.52. The number of nitrogens with one attached hydrogen (secondary N) is 1. The Morgan fingerprint density at radius 1 is 1.11 bits per heavy atom. The summed E-state index contributed by atoms with van der Waals surface area (Å²) in [5.41, 5.74) is 1.08. The molecule has 0 aliphatic rings. The Bertz CT molecular complexity index is 304. The molecule has 0 unspecified atom stereocenters. The fourth-order valence-corrected chi connectivity index (χ4v) is 1.36. The van der Waals surface area contributed by atoms with Gasteiger partial charge in [0.05, 0.1) is 19.8 Å². The molecule has 0 bridgehead atoms. The van der Waals surface area contributed by atoms with E-state index in [1.807, 2.05) is 25.4 Å². The zero-order valence-corrected chi connectivity index (χ0v) is 11.1. The molecule has 1 heterocycles. The van der Waals surface area contributed by atoms with E-state index in [0.717, 1.165) is 17.8 Å². The van der Waals surface area contributed by atoms with Gasteiger partial charge >= 0.3 is 0 Å². The highest BCUT2D eigenvalue weighted by molar-refractivity contribution is 5.34. The van der Waals surface area contributed by atoms with Gasteiger partial charge in [-0.1, -0.05) is 6.07 Å². The van der Waals surface area contributed by atoms with E-state index in [-0.39, 0.29) is 0 Å². The largest absolute Gasteiger partial charge is 0.382 e. The minimum atomic E-state index is 0.592. The predicted octanol–water partition coefficient (Wildman–Crippen LogP) is 1.69. The summed E-state index contributed by atoms with van der Waals surface area (Å²) in [6.07, 6.45) is 2.71. The topological polar surface area (TPSA) is 52.6 Å². The van der Waals surface area contributed by atoms with Crippen LogP contribution in [0, 0.1) is 0 Å². The molecule has 5 heteroatoms. The first-order valence-electron chi connectivity index (χ1n) is 6.14. The van der Waals surface area contributed by atoms with Crippen LogP contribution in [0.3, 0.4) is 0 Å². The first kappa shape index (κ1) is 14.9. The molecule has 0 aliphatic carbocycles. The summed E-state index contributed by atoms with van der Waals surface area (Å²) in [6.45, 7) is 3.28. The highest BCUT2D eigenvalue weighted by atomic mass is 16.5. The van der Waals surface area contributed by atoms with Crippen LogP contribution in [0.5, 0.6) is 0 Å². The normalized spacial score (nSPS) is 10.6. The smallest absolute Gasteiger partial charge is 0.125 e. The van der Waals surface area contributed by atoms with Crippen molar-refractivity contribution in [3.63, 3.8) is 0 Å². The minimum Gasteiger partial charge on any atom is -0.382 e. The Labute approximate surface area is 108 Å². The first-order valence-corrected chi connectivity index (χ1v) is 6.14. The van der Waals surface area contributed by atoms with Gasteiger partial charge in [0.15, 0.2) is 0 Å². The van der Waals surface area contributed by atoms with E-state index in [0.29, 0.717) is 33.0 Å². The standard InChI is InChI=1S/C13H22N2O3/c1-14-13-5-4-12(10-15-13)11-18-7-3-6-17-9-8-16-2/h4-5,10H,3,6-9,11H2,1-2H3,(H,14,15). The summed E-state index contributed by atoms with van der Waals surface area (Å²) < 4.78 is 15.7. The quantitative estimate of drug-likeness (QED) is 0.644. The van der Waals surface area contributed by atoms with Crippen LogP contribution < -0.4 is 5.32 Å². The van der Waals surface area contributed by atoms with Crippen LogP contribution in [0.4, 0.5) is 5.82 Å².